The Hall–Kier alpha value is -3.02. The van der Waals surface area contributed by atoms with Gasteiger partial charge in [0.15, 0.2) is 0 Å². The predicted octanol–water partition coefficient (Wildman–Crippen LogP) is 6.63. The summed E-state index contributed by atoms with van der Waals surface area (Å²) in [7, 11) is 0. The molecule has 0 saturated carbocycles. The third-order valence-electron chi connectivity index (χ3n) is 6.41. The summed E-state index contributed by atoms with van der Waals surface area (Å²) in [6.45, 7) is 2.44. The molecule has 1 unspecified atom stereocenters. The minimum Gasteiger partial charge on any atom is -0.406 e. The molecule has 2 aliphatic rings. The van der Waals surface area contributed by atoms with Crippen LogP contribution in [0.1, 0.15) is 35.7 Å². The van der Waals surface area contributed by atoms with Crippen LogP contribution in [0.4, 0.5) is 13.2 Å². The highest BCUT2D eigenvalue weighted by Crippen LogP contribution is 2.37. The first-order valence-electron chi connectivity index (χ1n) is 11.8. The first-order valence-corrected chi connectivity index (χ1v) is 13.4. The number of hydrogen-bond donors (Lipinski definition) is 0. The van der Waals surface area contributed by atoms with Crippen LogP contribution < -0.4 is 4.74 Å². The molecule has 2 aromatic heterocycles. The lowest BCUT2D eigenvalue weighted by molar-refractivity contribution is -0.274. The van der Waals surface area contributed by atoms with Gasteiger partial charge in [-0.15, -0.1) is 23.4 Å². The van der Waals surface area contributed by atoms with Crippen molar-refractivity contribution in [3.8, 4) is 17.3 Å². The van der Waals surface area contributed by atoms with Crippen molar-refractivity contribution >= 4 is 40.7 Å². The molecule has 1 aliphatic heterocycles. The van der Waals surface area contributed by atoms with Gasteiger partial charge in [-0.25, -0.2) is 0 Å². The molecule has 0 N–H and O–H groups in total. The molecular weight excluding hydrogens is 560 g/mol. The van der Waals surface area contributed by atoms with Crippen molar-refractivity contribution in [2.45, 2.75) is 49.5 Å². The zero-order valence-corrected chi connectivity index (χ0v) is 22.2. The average Bonchev–Trinajstić information content (AvgIpc) is 3.57. The Morgan fingerprint density at radius 2 is 1.84 bits per heavy atom. The van der Waals surface area contributed by atoms with Crippen molar-refractivity contribution in [3.05, 3.63) is 74.9 Å². The highest BCUT2D eigenvalue weighted by molar-refractivity contribution is 8.00. The Bertz CT molecular complexity index is 1560. The summed E-state index contributed by atoms with van der Waals surface area (Å²) >= 11 is 13.9. The van der Waals surface area contributed by atoms with Crippen LogP contribution in [0.15, 0.2) is 52.7 Å². The van der Waals surface area contributed by atoms with Gasteiger partial charge in [0.25, 0.3) is 0 Å². The fourth-order valence-electron chi connectivity index (χ4n) is 4.72. The SMILES string of the molecule is CC1Sc2nnc(-c3nn(Cc4ccc(OC(F)(F)F)cc4)c4c3CCC4)n2N=C1c1ccc(Cl)c(Cl)c1. The van der Waals surface area contributed by atoms with Gasteiger partial charge in [-0.3, -0.25) is 4.68 Å². The summed E-state index contributed by atoms with van der Waals surface area (Å²) in [5.74, 6) is 0.285. The van der Waals surface area contributed by atoms with Gasteiger partial charge >= 0.3 is 6.36 Å². The van der Waals surface area contributed by atoms with Gasteiger partial charge in [0.1, 0.15) is 11.4 Å². The van der Waals surface area contributed by atoms with Crippen molar-refractivity contribution < 1.29 is 17.9 Å². The molecule has 4 aromatic rings. The van der Waals surface area contributed by atoms with E-state index in [1.165, 1.54) is 12.1 Å². The maximum Gasteiger partial charge on any atom is 0.573 e. The summed E-state index contributed by atoms with van der Waals surface area (Å²) in [5.41, 5.74) is 5.36. The highest BCUT2D eigenvalue weighted by Gasteiger charge is 2.32. The first kappa shape index (κ1) is 25.3. The van der Waals surface area contributed by atoms with E-state index in [-0.39, 0.29) is 11.0 Å². The number of ether oxygens (including phenoxy) is 1. The van der Waals surface area contributed by atoms with E-state index in [0.29, 0.717) is 33.3 Å². The normalized spacial score (nSPS) is 16.8. The number of thioether (sulfide) groups is 1. The lowest BCUT2D eigenvalue weighted by atomic mass is 10.1. The van der Waals surface area contributed by atoms with E-state index in [1.54, 1.807) is 40.7 Å². The van der Waals surface area contributed by atoms with Gasteiger partial charge in [0.05, 0.1) is 27.6 Å². The fraction of sp³-hybridized carbons (Fsp3) is 0.280. The number of fused-ring (bicyclic) bond motifs is 2. The standard InChI is InChI=1S/C25H19Cl2F3N6OS/c1-13-21(15-7-10-18(26)19(27)11-15)34-36-23(31-32-24(36)38-13)22-17-3-2-4-20(17)35(33-22)12-14-5-8-16(9-6-14)37-25(28,29)30/h5-11,13H,2-4,12H2,1H3. The molecule has 1 atom stereocenters. The molecule has 38 heavy (non-hydrogen) atoms. The summed E-state index contributed by atoms with van der Waals surface area (Å²) in [6, 6.07) is 11.3. The van der Waals surface area contributed by atoms with Gasteiger partial charge in [-0.1, -0.05) is 53.2 Å². The van der Waals surface area contributed by atoms with Crippen LogP contribution >= 0.6 is 35.0 Å². The van der Waals surface area contributed by atoms with Crippen LogP contribution in [0.3, 0.4) is 0 Å². The van der Waals surface area contributed by atoms with E-state index in [2.05, 4.69) is 14.9 Å². The molecule has 0 fully saturated rings. The number of hydrogen-bond acceptors (Lipinski definition) is 6. The fourth-order valence-corrected chi connectivity index (χ4v) is 5.94. The molecule has 0 radical (unpaired) electrons. The van der Waals surface area contributed by atoms with Gasteiger partial charge in [-0.05, 0) is 56.0 Å². The zero-order chi connectivity index (χ0) is 26.6. The monoisotopic (exact) mass is 578 g/mol. The molecule has 2 aromatic carbocycles. The second-order valence-electron chi connectivity index (χ2n) is 8.97. The summed E-state index contributed by atoms with van der Waals surface area (Å²) < 4.78 is 45.1. The maximum absolute atomic E-state index is 12.5. The predicted molar refractivity (Wildman–Crippen MR) is 139 cm³/mol. The minimum atomic E-state index is -4.73. The third kappa shape index (κ3) is 4.78. The van der Waals surface area contributed by atoms with Gasteiger partial charge in [0.2, 0.25) is 11.0 Å². The molecular formula is C25H19Cl2F3N6OS. The lowest BCUT2D eigenvalue weighted by Crippen LogP contribution is -2.21. The number of benzene rings is 2. The molecule has 0 spiro atoms. The van der Waals surface area contributed by atoms with Crippen LogP contribution in [-0.2, 0) is 19.4 Å². The van der Waals surface area contributed by atoms with Crippen LogP contribution in [0.5, 0.6) is 5.75 Å². The summed E-state index contributed by atoms with van der Waals surface area (Å²) in [5, 5.41) is 20.2. The molecule has 3 heterocycles. The Balaban J connectivity index is 1.34. The summed E-state index contributed by atoms with van der Waals surface area (Å²) in [4.78, 5) is 0. The summed E-state index contributed by atoms with van der Waals surface area (Å²) in [6.07, 6.45) is -2.06. The van der Waals surface area contributed by atoms with Crippen molar-refractivity contribution in [2.24, 2.45) is 5.10 Å². The Labute approximate surface area is 229 Å². The van der Waals surface area contributed by atoms with E-state index >= 15 is 0 Å². The second kappa shape index (κ2) is 9.62. The van der Waals surface area contributed by atoms with Crippen LogP contribution in [0.2, 0.25) is 10.0 Å². The van der Waals surface area contributed by atoms with Gasteiger partial charge in [0, 0.05) is 16.8 Å². The van der Waals surface area contributed by atoms with Crippen molar-refractivity contribution in [2.75, 3.05) is 0 Å². The van der Waals surface area contributed by atoms with Crippen LogP contribution in [0, 0.1) is 0 Å². The van der Waals surface area contributed by atoms with E-state index in [1.807, 2.05) is 17.7 Å². The van der Waals surface area contributed by atoms with Crippen molar-refractivity contribution in [1.29, 1.82) is 0 Å². The molecule has 0 saturated heterocycles. The van der Waals surface area contributed by atoms with Crippen molar-refractivity contribution in [3.63, 3.8) is 0 Å². The highest BCUT2D eigenvalue weighted by atomic mass is 35.5. The number of halogens is 5. The van der Waals surface area contributed by atoms with E-state index in [0.717, 1.165) is 47.4 Å². The average molecular weight is 579 g/mol. The largest absolute Gasteiger partial charge is 0.573 e. The number of rotatable bonds is 5. The minimum absolute atomic E-state index is 0.0179. The van der Waals surface area contributed by atoms with Crippen LogP contribution in [-0.4, -0.2) is 42.0 Å². The molecule has 13 heteroatoms. The molecule has 6 rings (SSSR count). The Morgan fingerprint density at radius 3 is 2.58 bits per heavy atom. The molecule has 1 aliphatic carbocycles. The lowest BCUT2D eigenvalue weighted by Gasteiger charge is -2.20. The van der Waals surface area contributed by atoms with E-state index < -0.39 is 6.36 Å². The van der Waals surface area contributed by atoms with Crippen LogP contribution in [0.25, 0.3) is 11.5 Å². The number of alkyl halides is 3. The molecule has 0 bridgehead atoms. The molecule has 196 valence electrons. The first-order chi connectivity index (χ1) is 18.2. The van der Waals surface area contributed by atoms with Crippen molar-refractivity contribution in [1.82, 2.24) is 24.7 Å². The maximum atomic E-state index is 12.5. The number of aromatic nitrogens is 5. The Morgan fingerprint density at radius 1 is 1.05 bits per heavy atom. The van der Waals surface area contributed by atoms with Gasteiger partial charge < -0.3 is 4.74 Å². The topological polar surface area (TPSA) is 70.1 Å². The third-order valence-corrected chi connectivity index (χ3v) is 8.19. The quantitative estimate of drug-likeness (QED) is 0.266. The Kier molecular flexibility index (Phi) is 6.40. The zero-order valence-electron chi connectivity index (χ0n) is 19.8. The second-order valence-corrected chi connectivity index (χ2v) is 11.1. The van der Waals surface area contributed by atoms with Gasteiger partial charge in [-0.2, -0.15) is 14.9 Å². The number of nitrogens with zero attached hydrogens (tertiary/aromatic N) is 6. The molecule has 7 nitrogen and oxygen atoms in total. The molecule has 0 amide bonds. The van der Waals surface area contributed by atoms with E-state index in [9.17, 15) is 13.2 Å². The van der Waals surface area contributed by atoms with E-state index in [4.69, 9.17) is 33.4 Å². The smallest absolute Gasteiger partial charge is 0.406 e.